The van der Waals surface area contributed by atoms with Crippen LogP contribution in [0, 0.1) is 0 Å². The zero-order valence-corrected chi connectivity index (χ0v) is 56.0. The van der Waals surface area contributed by atoms with E-state index < -0.39 is 32.3 Å². The Kier molecular flexibility index (Phi) is 14.9. The molecule has 10 nitrogen and oxygen atoms in total. The second-order valence-corrected chi connectivity index (χ2v) is 28.6. The lowest BCUT2D eigenvalue weighted by molar-refractivity contribution is 0.00578. The Balaban J connectivity index is 0.000000125. The zero-order chi connectivity index (χ0) is 65.3. The Hall–Kier alpha value is -8.62. The van der Waals surface area contributed by atoms with Crippen LogP contribution in [0.1, 0.15) is 83.1 Å². The van der Waals surface area contributed by atoms with Crippen LogP contribution in [0.25, 0.3) is 121 Å². The normalized spacial score (nSPS) is 17.6. The molecule has 0 unspecified atom stereocenters. The molecule has 3 saturated heterocycles. The predicted octanol–water partition coefficient (Wildman–Crippen LogP) is 19.5. The molecule has 0 atom stereocenters. The summed E-state index contributed by atoms with van der Waals surface area (Å²) in [5.41, 5.74) is 11.7. The Morgan fingerprint density at radius 3 is 1.03 bits per heavy atom. The topological polar surface area (TPSA) is 91.0 Å². The third-order valence-corrected chi connectivity index (χ3v) is 20.8. The average molecular weight is 1260 g/mol. The average Bonchev–Trinajstić information content (AvgIpc) is 1.44. The van der Waals surface area contributed by atoms with Crippen LogP contribution in [0.4, 0.5) is 0 Å². The first-order valence-corrected chi connectivity index (χ1v) is 32.9. The van der Waals surface area contributed by atoms with Crippen LogP contribution in [0.5, 0.6) is 0 Å². The summed E-state index contributed by atoms with van der Waals surface area (Å²) in [6.45, 7) is 24.6. The molecule has 7 heterocycles. The van der Waals surface area contributed by atoms with Gasteiger partial charge in [0.1, 0.15) is 0 Å². The van der Waals surface area contributed by atoms with Gasteiger partial charge in [0.2, 0.25) is 0 Å². The Bertz CT molecular complexity index is 5190. The van der Waals surface area contributed by atoms with Gasteiger partial charge < -0.3 is 37.1 Å². The van der Waals surface area contributed by atoms with E-state index in [-0.39, 0.29) is 22.4 Å². The van der Waals surface area contributed by atoms with Crippen LogP contribution in [0.15, 0.2) is 231 Å². The fourth-order valence-electron chi connectivity index (χ4n) is 13.4. The predicted molar refractivity (Wildman–Crippen MR) is 391 cm³/mol. The number of para-hydroxylation sites is 2. The molecule has 0 bridgehead atoms. The minimum Gasteiger partial charge on any atom is -0.405 e. The van der Waals surface area contributed by atoms with Gasteiger partial charge in [-0.1, -0.05) is 175 Å². The van der Waals surface area contributed by atoms with Crippen molar-refractivity contribution in [2.24, 2.45) is 0 Å². The van der Waals surface area contributed by atoms with Gasteiger partial charge in [-0.05, 0) is 166 Å². The van der Waals surface area contributed by atoms with Gasteiger partial charge in [0, 0.05) is 70.6 Å². The SMILES string of the molecule is CC1(C)OB(B2OC(C)(C)C(C)(C)O2)OC1(C)C.CC1(C)OB(c2ccc3c4cc5nc(-c6ccccc6)c6ccccc6c5cc4n(-c4ccccc4)c3c2)OC1(C)C.Clc1ccc2c3cc4nc(-c5ccccc5)c5ccccc5c4cc3n(-c3ccccc3)c2c1. The third-order valence-electron chi connectivity index (χ3n) is 20.6. The van der Waals surface area contributed by atoms with E-state index in [0.29, 0.717) is 0 Å². The number of rotatable bonds is 6. The first-order chi connectivity index (χ1) is 45.0. The van der Waals surface area contributed by atoms with Crippen molar-refractivity contribution in [2.75, 3.05) is 0 Å². The summed E-state index contributed by atoms with van der Waals surface area (Å²) in [4.78, 5) is 10.5. The molecular formula is C80H74B3ClN4O6. The number of hydrogen-bond acceptors (Lipinski definition) is 8. The molecule has 14 heteroatoms. The lowest BCUT2D eigenvalue weighted by Gasteiger charge is -2.32. The molecule has 94 heavy (non-hydrogen) atoms. The quantitative estimate of drug-likeness (QED) is 0.120. The molecular weight excluding hydrogens is 1180 g/mol. The summed E-state index contributed by atoms with van der Waals surface area (Å²) in [6.07, 6.45) is 0. The van der Waals surface area contributed by atoms with Crippen molar-refractivity contribution in [2.45, 2.75) is 117 Å². The molecule has 3 aliphatic heterocycles. The number of fused-ring (bicyclic) bond motifs is 12. The number of nitrogens with zero attached hydrogens (tertiary/aromatic N) is 4. The van der Waals surface area contributed by atoms with Gasteiger partial charge in [-0.2, -0.15) is 0 Å². The molecule has 10 aromatic carbocycles. The van der Waals surface area contributed by atoms with Crippen LogP contribution in [0.2, 0.25) is 5.02 Å². The number of benzene rings is 10. The molecule has 4 aromatic heterocycles. The molecule has 0 amide bonds. The highest BCUT2D eigenvalue weighted by Crippen LogP contribution is 2.45. The maximum absolute atomic E-state index is 6.45. The van der Waals surface area contributed by atoms with Gasteiger partial charge in [-0.15, -0.1) is 0 Å². The van der Waals surface area contributed by atoms with E-state index in [2.05, 4.69) is 243 Å². The van der Waals surface area contributed by atoms with Crippen molar-refractivity contribution in [3.8, 4) is 33.9 Å². The van der Waals surface area contributed by atoms with Gasteiger partial charge in [-0.25, -0.2) is 9.97 Å². The van der Waals surface area contributed by atoms with Crippen molar-refractivity contribution < 1.29 is 27.9 Å². The number of hydrogen-bond donors (Lipinski definition) is 0. The van der Waals surface area contributed by atoms with Gasteiger partial charge in [-0.3, -0.25) is 0 Å². The molecule has 17 rings (SSSR count). The van der Waals surface area contributed by atoms with Crippen molar-refractivity contribution in [3.05, 3.63) is 236 Å². The van der Waals surface area contributed by atoms with Gasteiger partial charge in [0.15, 0.2) is 0 Å². The maximum atomic E-state index is 6.45. The van der Waals surface area contributed by atoms with Gasteiger partial charge in [0.25, 0.3) is 0 Å². The number of aromatic nitrogens is 4. The fourth-order valence-corrected chi connectivity index (χ4v) is 13.6. The maximum Gasteiger partial charge on any atom is 0.494 e. The molecule has 3 aliphatic rings. The summed E-state index contributed by atoms with van der Waals surface area (Å²) < 4.78 is 41.4. The highest BCUT2D eigenvalue weighted by Gasteiger charge is 2.64. The van der Waals surface area contributed by atoms with Gasteiger partial charge >= 0.3 is 21.1 Å². The molecule has 0 N–H and O–H groups in total. The van der Waals surface area contributed by atoms with E-state index in [1.807, 2.05) is 79.7 Å². The minimum atomic E-state index is -0.476. The van der Waals surface area contributed by atoms with E-state index in [1.54, 1.807) is 0 Å². The third kappa shape index (κ3) is 10.5. The summed E-state index contributed by atoms with van der Waals surface area (Å²) in [7, 11) is -1.38. The highest BCUT2D eigenvalue weighted by atomic mass is 35.5. The van der Waals surface area contributed by atoms with E-state index >= 15 is 0 Å². The summed E-state index contributed by atoms with van der Waals surface area (Å²) >= 11 is 6.45. The van der Waals surface area contributed by atoms with E-state index in [1.165, 1.54) is 32.3 Å². The summed E-state index contributed by atoms with van der Waals surface area (Å²) in [6, 6.07) is 80.9. The van der Waals surface area contributed by atoms with Crippen LogP contribution in [-0.2, 0) is 27.9 Å². The van der Waals surface area contributed by atoms with Crippen LogP contribution < -0.4 is 5.46 Å². The first-order valence-electron chi connectivity index (χ1n) is 32.5. The van der Waals surface area contributed by atoms with E-state index in [0.717, 1.165) is 99.0 Å². The van der Waals surface area contributed by atoms with Crippen LogP contribution in [0.3, 0.4) is 0 Å². The lowest BCUT2D eigenvalue weighted by atomic mass is 9.49. The number of halogens is 1. The molecule has 3 fully saturated rings. The Morgan fingerprint density at radius 1 is 0.298 bits per heavy atom. The minimum absolute atomic E-state index is 0.360. The van der Waals surface area contributed by atoms with Crippen molar-refractivity contribution in [1.29, 1.82) is 0 Å². The molecule has 0 aliphatic carbocycles. The fraction of sp³-hybridized carbons (Fsp3) is 0.225. The van der Waals surface area contributed by atoms with E-state index in [9.17, 15) is 0 Å². The van der Waals surface area contributed by atoms with Crippen molar-refractivity contribution in [1.82, 2.24) is 19.1 Å². The lowest BCUT2D eigenvalue weighted by Crippen LogP contribution is -2.41. The highest BCUT2D eigenvalue weighted by molar-refractivity contribution is 7.11. The largest absolute Gasteiger partial charge is 0.494 e. The molecule has 14 aromatic rings. The number of pyridine rings is 2. The summed E-state index contributed by atoms with van der Waals surface area (Å²) in [5.74, 6) is 0. The van der Waals surface area contributed by atoms with E-state index in [4.69, 9.17) is 49.5 Å². The molecule has 0 saturated carbocycles. The Labute approximate surface area is 555 Å². The second-order valence-electron chi connectivity index (χ2n) is 28.1. The summed E-state index contributed by atoms with van der Waals surface area (Å²) in [5, 5.41) is 12.4. The van der Waals surface area contributed by atoms with Crippen LogP contribution in [-0.4, -0.2) is 73.8 Å². The molecule has 0 radical (unpaired) electrons. The van der Waals surface area contributed by atoms with Gasteiger partial charge in [0.05, 0.1) is 78.1 Å². The Morgan fingerprint density at radius 2 is 0.628 bits per heavy atom. The second kappa shape index (κ2) is 22.8. The monoisotopic (exact) mass is 1250 g/mol. The van der Waals surface area contributed by atoms with Crippen molar-refractivity contribution in [3.63, 3.8) is 0 Å². The smallest absolute Gasteiger partial charge is 0.405 e. The molecule has 466 valence electrons. The standard InChI is InChI=1S/C37H31BN2O2.C31H19ClN2.C12H24B2O4/c1-36(2)37(3,4)42-38(41-36)25-19-20-28-31-22-32-30(23-34(31)40(33(28)21-25)26-15-9-6-10-16-26)27-17-11-12-18-29(27)35(39-32)24-13-7-5-8-14-24;32-21-15-16-24-27-18-28-26(19-30(27)34(29(24)17-21)22-11-5-2-6-12-22)23-13-7-8-14-25(23)31(33-28)20-9-3-1-4-10-20;1-9(2)10(3,4)16-13(15-9)14-17-11(5,6)12(7,8)18-14/h5-23H,1-4H3;1-19H;1-8H3. The zero-order valence-electron chi connectivity index (χ0n) is 55.3. The first kappa shape index (κ1) is 61.6. The molecule has 0 spiro atoms. The van der Waals surface area contributed by atoms with Crippen LogP contribution >= 0.6 is 11.6 Å². The van der Waals surface area contributed by atoms with Crippen molar-refractivity contribution >= 4 is 125 Å².